The smallest absolute Gasteiger partial charge is 0.323 e. The van der Waals surface area contributed by atoms with E-state index in [9.17, 15) is 4.79 Å². The van der Waals surface area contributed by atoms with Crippen LogP contribution in [0.2, 0.25) is 0 Å². The molecule has 134 valence electrons. The summed E-state index contributed by atoms with van der Waals surface area (Å²) in [7, 11) is 1.84. The molecule has 1 aromatic carbocycles. The third-order valence-corrected chi connectivity index (χ3v) is 4.41. The van der Waals surface area contributed by atoms with Crippen molar-refractivity contribution in [2.75, 3.05) is 25.0 Å². The number of nitrogens with one attached hydrogen (secondary N) is 1. The number of carbonyl (C=O) groups is 1. The van der Waals surface area contributed by atoms with E-state index < -0.39 is 0 Å². The van der Waals surface area contributed by atoms with E-state index in [0.29, 0.717) is 12.4 Å². The highest BCUT2D eigenvalue weighted by atomic mass is 16.5. The summed E-state index contributed by atoms with van der Waals surface area (Å²) in [6, 6.07) is 11.8. The monoisotopic (exact) mass is 342 g/mol. The lowest BCUT2D eigenvalue weighted by atomic mass is 10.1. The first-order chi connectivity index (χ1) is 12.2. The first-order valence-electron chi connectivity index (χ1n) is 8.94. The first-order valence-corrected chi connectivity index (χ1v) is 8.94. The number of ether oxygens (including phenoxy) is 1. The van der Waals surface area contributed by atoms with Crippen LogP contribution in [0.4, 0.5) is 10.6 Å². The topological polar surface area (TPSA) is 59.4 Å². The van der Waals surface area contributed by atoms with Crippen LogP contribution in [0.1, 0.15) is 26.2 Å². The number of hydrogen-bond donors (Lipinski definition) is 1. The molecule has 0 spiro atoms. The van der Waals surface area contributed by atoms with Crippen molar-refractivity contribution in [3.63, 3.8) is 0 Å². The number of hydrogen-bond acceptors (Lipinski definition) is 3. The van der Waals surface area contributed by atoms with Crippen LogP contribution in [0, 0.1) is 0 Å². The number of aryl methyl sites for hydroxylation is 1. The lowest BCUT2D eigenvalue weighted by molar-refractivity contribution is 0.0115. The molecule has 2 heterocycles. The third kappa shape index (κ3) is 4.39. The average Bonchev–Trinajstić information content (AvgIpc) is 3.01. The van der Waals surface area contributed by atoms with Crippen molar-refractivity contribution >= 4 is 11.8 Å². The number of nitrogens with zero attached hydrogens (tertiary/aromatic N) is 3. The predicted molar refractivity (Wildman–Crippen MR) is 98.5 cm³/mol. The van der Waals surface area contributed by atoms with Gasteiger partial charge in [0, 0.05) is 38.4 Å². The number of aromatic nitrogens is 2. The van der Waals surface area contributed by atoms with Gasteiger partial charge in [0.25, 0.3) is 0 Å². The second-order valence-corrected chi connectivity index (χ2v) is 6.42. The maximum Gasteiger partial charge on any atom is 0.323 e. The maximum atomic E-state index is 12.6. The lowest BCUT2D eigenvalue weighted by Crippen LogP contribution is -2.45. The molecule has 6 nitrogen and oxygen atoms in total. The Bertz CT molecular complexity index is 699. The van der Waals surface area contributed by atoms with Crippen LogP contribution in [-0.2, 0) is 11.8 Å². The lowest BCUT2D eigenvalue weighted by Gasteiger charge is -2.32. The number of rotatable bonds is 5. The normalized spacial score (nSPS) is 17.5. The van der Waals surface area contributed by atoms with Gasteiger partial charge >= 0.3 is 6.03 Å². The number of piperidine rings is 1. The number of carbonyl (C=O) groups excluding carboxylic acids is 1. The van der Waals surface area contributed by atoms with E-state index in [1.165, 1.54) is 0 Å². The zero-order valence-electron chi connectivity index (χ0n) is 14.9. The molecular formula is C19H26N4O2. The second-order valence-electron chi connectivity index (χ2n) is 6.42. The Hall–Kier alpha value is -2.34. The molecule has 0 bridgehead atoms. The molecule has 1 aromatic heterocycles. The largest absolute Gasteiger partial charge is 0.376 e. The van der Waals surface area contributed by atoms with Gasteiger partial charge in [-0.1, -0.05) is 37.3 Å². The molecule has 0 unspecified atom stereocenters. The predicted octanol–water partition coefficient (Wildman–Crippen LogP) is 3.51. The third-order valence-electron chi connectivity index (χ3n) is 4.41. The molecule has 0 radical (unpaired) electrons. The van der Waals surface area contributed by atoms with E-state index in [1.54, 1.807) is 4.68 Å². The minimum atomic E-state index is -0.0904. The molecule has 6 heteroatoms. The standard InChI is InChI=1S/C19H26N4O2/c1-3-12-25-16-10-7-11-23(14-16)19(24)20-18-13-17(21-22(18)2)15-8-5-4-6-9-15/h4-6,8-9,13,16H,3,7,10-12,14H2,1-2H3,(H,20,24)/t16-/m0/s1. The molecule has 1 saturated heterocycles. The van der Waals surface area contributed by atoms with Crippen LogP contribution in [0.25, 0.3) is 11.3 Å². The van der Waals surface area contributed by atoms with Crippen molar-refractivity contribution in [1.82, 2.24) is 14.7 Å². The zero-order chi connectivity index (χ0) is 17.6. The number of amides is 2. The van der Waals surface area contributed by atoms with E-state index in [4.69, 9.17) is 4.74 Å². The Kier molecular flexibility index (Phi) is 5.71. The van der Waals surface area contributed by atoms with Crippen LogP contribution in [-0.4, -0.2) is 46.5 Å². The molecule has 2 amide bonds. The number of urea groups is 1. The van der Waals surface area contributed by atoms with Crippen molar-refractivity contribution in [1.29, 1.82) is 0 Å². The van der Waals surface area contributed by atoms with Crippen LogP contribution >= 0.6 is 0 Å². The summed E-state index contributed by atoms with van der Waals surface area (Å²) in [5.74, 6) is 0.695. The Morgan fingerprint density at radius 2 is 2.16 bits per heavy atom. The molecule has 0 saturated carbocycles. The van der Waals surface area contributed by atoms with Crippen molar-refractivity contribution in [2.24, 2.45) is 7.05 Å². The van der Waals surface area contributed by atoms with E-state index in [-0.39, 0.29) is 12.1 Å². The van der Waals surface area contributed by atoms with Gasteiger partial charge in [0.2, 0.25) is 0 Å². The van der Waals surface area contributed by atoms with Gasteiger partial charge in [-0.05, 0) is 19.3 Å². The summed E-state index contributed by atoms with van der Waals surface area (Å²) in [5.41, 5.74) is 1.88. The van der Waals surface area contributed by atoms with Crippen LogP contribution in [0.15, 0.2) is 36.4 Å². The molecular weight excluding hydrogens is 316 g/mol. The SMILES string of the molecule is CCCO[C@H]1CCCN(C(=O)Nc2cc(-c3ccccc3)nn2C)C1. The number of anilines is 1. The van der Waals surface area contributed by atoms with Gasteiger partial charge in [0.05, 0.1) is 11.8 Å². The van der Waals surface area contributed by atoms with E-state index in [0.717, 1.165) is 43.7 Å². The Morgan fingerprint density at radius 3 is 2.92 bits per heavy atom. The Morgan fingerprint density at radius 1 is 1.36 bits per heavy atom. The minimum absolute atomic E-state index is 0.0904. The Balaban J connectivity index is 1.64. The molecule has 1 N–H and O–H groups in total. The second kappa shape index (κ2) is 8.16. The summed E-state index contributed by atoms with van der Waals surface area (Å²) in [6.45, 7) is 4.26. The van der Waals surface area contributed by atoms with Gasteiger partial charge in [-0.15, -0.1) is 0 Å². The highest BCUT2D eigenvalue weighted by molar-refractivity contribution is 5.89. The molecule has 1 aliphatic heterocycles. The van der Waals surface area contributed by atoms with Crippen molar-refractivity contribution in [3.8, 4) is 11.3 Å². The molecule has 1 aliphatic rings. The summed E-state index contributed by atoms with van der Waals surface area (Å²) in [6.07, 6.45) is 3.14. The fourth-order valence-electron chi connectivity index (χ4n) is 3.07. The summed E-state index contributed by atoms with van der Waals surface area (Å²) < 4.78 is 7.51. The van der Waals surface area contributed by atoms with Gasteiger partial charge in [0.1, 0.15) is 5.82 Å². The van der Waals surface area contributed by atoms with E-state index >= 15 is 0 Å². The molecule has 25 heavy (non-hydrogen) atoms. The van der Waals surface area contributed by atoms with Gasteiger partial charge in [-0.25, -0.2) is 4.79 Å². The molecule has 1 atom stereocenters. The number of benzene rings is 1. The van der Waals surface area contributed by atoms with Gasteiger partial charge in [-0.3, -0.25) is 10.00 Å². The summed E-state index contributed by atoms with van der Waals surface area (Å²) in [5, 5.41) is 7.47. The zero-order valence-corrected chi connectivity index (χ0v) is 14.9. The fourth-order valence-corrected chi connectivity index (χ4v) is 3.07. The minimum Gasteiger partial charge on any atom is -0.376 e. The highest BCUT2D eigenvalue weighted by Crippen LogP contribution is 2.22. The highest BCUT2D eigenvalue weighted by Gasteiger charge is 2.24. The van der Waals surface area contributed by atoms with Crippen molar-refractivity contribution in [3.05, 3.63) is 36.4 Å². The van der Waals surface area contributed by atoms with Crippen LogP contribution in [0.3, 0.4) is 0 Å². The summed E-state index contributed by atoms with van der Waals surface area (Å²) in [4.78, 5) is 14.4. The molecule has 0 aliphatic carbocycles. The van der Waals surface area contributed by atoms with Gasteiger partial charge in [-0.2, -0.15) is 5.10 Å². The maximum absolute atomic E-state index is 12.6. The Labute approximate surface area is 148 Å². The molecule has 2 aromatic rings. The molecule has 1 fully saturated rings. The quantitative estimate of drug-likeness (QED) is 0.904. The van der Waals surface area contributed by atoms with Gasteiger partial charge in [0.15, 0.2) is 0 Å². The molecule has 3 rings (SSSR count). The first kappa shape index (κ1) is 17.5. The van der Waals surface area contributed by atoms with Crippen LogP contribution in [0.5, 0.6) is 0 Å². The number of likely N-dealkylation sites (tertiary alicyclic amines) is 1. The van der Waals surface area contributed by atoms with Crippen molar-refractivity contribution in [2.45, 2.75) is 32.3 Å². The summed E-state index contributed by atoms with van der Waals surface area (Å²) >= 11 is 0. The van der Waals surface area contributed by atoms with Crippen LogP contribution < -0.4 is 5.32 Å². The fraction of sp³-hybridized carbons (Fsp3) is 0.474. The van der Waals surface area contributed by atoms with E-state index in [1.807, 2.05) is 48.3 Å². The average molecular weight is 342 g/mol. The van der Waals surface area contributed by atoms with E-state index in [2.05, 4.69) is 17.3 Å². The van der Waals surface area contributed by atoms with Gasteiger partial charge < -0.3 is 9.64 Å². The van der Waals surface area contributed by atoms with Crippen molar-refractivity contribution < 1.29 is 9.53 Å².